The van der Waals surface area contributed by atoms with Crippen molar-refractivity contribution in [3.8, 4) is 5.75 Å². The summed E-state index contributed by atoms with van der Waals surface area (Å²) < 4.78 is 5.52. The van der Waals surface area contributed by atoms with Gasteiger partial charge in [0.05, 0.1) is 4.92 Å². The summed E-state index contributed by atoms with van der Waals surface area (Å²) in [5, 5.41) is 13.8. The fourth-order valence-corrected chi connectivity index (χ4v) is 1.79. The van der Waals surface area contributed by atoms with Crippen molar-refractivity contribution in [3.05, 3.63) is 64.2 Å². The largest absolute Gasteiger partial charge is 0.492 e. The molecule has 5 nitrogen and oxygen atoms in total. The standard InChI is InChI=1S/C15H16N2O3/c1-12-4-2-3-5-15(12)16-10-11-20-14-8-6-13(7-9-14)17(18)19/h2-9,16H,10-11H2,1H3. The van der Waals surface area contributed by atoms with Gasteiger partial charge in [-0.1, -0.05) is 18.2 Å². The Morgan fingerprint density at radius 1 is 1.15 bits per heavy atom. The number of benzene rings is 2. The molecule has 1 N–H and O–H groups in total. The molecule has 0 unspecified atom stereocenters. The van der Waals surface area contributed by atoms with Gasteiger partial charge >= 0.3 is 0 Å². The van der Waals surface area contributed by atoms with Gasteiger partial charge in [0.1, 0.15) is 12.4 Å². The Morgan fingerprint density at radius 2 is 1.85 bits per heavy atom. The van der Waals surface area contributed by atoms with Gasteiger partial charge in [0, 0.05) is 24.4 Å². The van der Waals surface area contributed by atoms with Crippen molar-refractivity contribution < 1.29 is 9.66 Å². The topological polar surface area (TPSA) is 64.4 Å². The van der Waals surface area contributed by atoms with Gasteiger partial charge in [-0.05, 0) is 30.7 Å². The summed E-state index contributed by atoms with van der Waals surface area (Å²) in [7, 11) is 0. The molecular formula is C15H16N2O3. The fraction of sp³-hybridized carbons (Fsp3) is 0.200. The molecule has 0 aliphatic rings. The predicted molar refractivity (Wildman–Crippen MR) is 78.3 cm³/mol. The van der Waals surface area contributed by atoms with Crippen LogP contribution in [0.3, 0.4) is 0 Å². The van der Waals surface area contributed by atoms with E-state index in [0.29, 0.717) is 18.9 Å². The summed E-state index contributed by atoms with van der Waals surface area (Å²) in [5.74, 6) is 0.627. The second-order valence-corrected chi connectivity index (χ2v) is 4.34. The Balaban J connectivity index is 1.79. The molecule has 0 radical (unpaired) electrons. The number of anilines is 1. The number of nitro groups is 1. The Hall–Kier alpha value is -2.56. The first-order valence-electron chi connectivity index (χ1n) is 6.33. The van der Waals surface area contributed by atoms with Gasteiger partial charge in [-0.15, -0.1) is 0 Å². The summed E-state index contributed by atoms with van der Waals surface area (Å²) in [6.45, 7) is 3.20. The van der Waals surface area contributed by atoms with Crippen molar-refractivity contribution in [1.29, 1.82) is 0 Å². The summed E-state index contributed by atoms with van der Waals surface area (Å²) in [4.78, 5) is 10.1. The van der Waals surface area contributed by atoms with E-state index in [-0.39, 0.29) is 5.69 Å². The van der Waals surface area contributed by atoms with Crippen molar-refractivity contribution in [3.63, 3.8) is 0 Å². The van der Waals surface area contributed by atoms with Crippen LogP contribution in [0, 0.1) is 17.0 Å². The smallest absolute Gasteiger partial charge is 0.269 e. The van der Waals surface area contributed by atoms with Crippen molar-refractivity contribution in [2.45, 2.75) is 6.92 Å². The lowest BCUT2D eigenvalue weighted by atomic mass is 10.2. The second kappa shape index (κ2) is 6.56. The minimum atomic E-state index is -0.427. The molecule has 5 heteroatoms. The lowest BCUT2D eigenvalue weighted by Gasteiger charge is -2.10. The number of nitrogens with zero attached hydrogens (tertiary/aromatic N) is 1. The van der Waals surface area contributed by atoms with Crippen LogP contribution in [0.15, 0.2) is 48.5 Å². The van der Waals surface area contributed by atoms with Gasteiger partial charge in [0.2, 0.25) is 0 Å². The van der Waals surface area contributed by atoms with Gasteiger partial charge in [-0.25, -0.2) is 0 Å². The maximum Gasteiger partial charge on any atom is 0.269 e. The molecule has 0 heterocycles. The van der Waals surface area contributed by atoms with Crippen LogP contribution in [-0.4, -0.2) is 18.1 Å². The zero-order chi connectivity index (χ0) is 14.4. The van der Waals surface area contributed by atoms with Crippen LogP contribution in [0.2, 0.25) is 0 Å². The van der Waals surface area contributed by atoms with Gasteiger partial charge in [0.25, 0.3) is 5.69 Å². The highest BCUT2D eigenvalue weighted by Crippen LogP contribution is 2.17. The molecule has 0 saturated carbocycles. The van der Waals surface area contributed by atoms with Crippen molar-refractivity contribution >= 4 is 11.4 Å². The van der Waals surface area contributed by atoms with Crippen molar-refractivity contribution in [2.24, 2.45) is 0 Å². The number of nitrogens with one attached hydrogen (secondary N) is 1. The van der Waals surface area contributed by atoms with Crippen LogP contribution in [0.1, 0.15) is 5.56 Å². The quantitative estimate of drug-likeness (QED) is 0.497. The highest BCUT2D eigenvalue weighted by atomic mass is 16.6. The SMILES string of the molecule is Cc1ccccc1NCCOc1ccc([N+](=O)[O-])cc1. The first-order valence-corrected chi connectivity index (χ1v) is 6.33. The molecule has 0 amide bonds. The minimum absolute atomic E-state index is 0.0652. The lowest BCUT2D eigenvalue weighted by Crippen LogP contribution is -2.12. The summed E-state index contributed by atoms with van der Waals surface area (Å²) in [6.07, 6.45) is 0. The van der Waals surface area contributed by atoms with Crippen LogP contribution in [0.25, 0.3) is 0 Å². The number of para-hydroxylation sites is 1. The molecule has 0 atom stereocenters. The normalized spacial score (nSPS) is 10.1. The van der Waals surface area contributed by atoms with E-state index in [1.54, 1.807) is 12.1 Å². The number of nitro benzene ring substituents is 1. The summed E-state index contributed by atoms with van der Waals surface area (Å²) in [5.41, 5.74) is 2.33. The van der Waals surface area contributed by atoms with E-state index in [2.05, 4.69) is 5.32 Å². The van der Waals surface area contributed by atoms with E-state index in [0.717, 1.165) is 5.69 Å². The average molecular weight is 272 g/mol. The van der Waals surface area contributed by atoms with Crippen molar-refractivity contribution in [1.82, 2.24) is 0 Å². The average Bonchev–Trinajstić information content (AvgIpc) is 2.46. The molecule has 0 fully saturated rings. The van der Waals surface area contributed by atoms with E-state index in [1.807, 2.05) is 31.2 Å². The van der Waals surface area contributed by atoms with Crippen LogP contribution in [0.5, 0.6) is 5.75 Å². The Kier molecular flexibility index (Phi) is 4.55. The maximum atomic E-state index is 10.5. The van der Waals surface area contributed by atoms with E-state index >= 15 is 0 Å². The van der Waals surface area contributed by atoms with Crippen LogP contribution in [0.4, 0.5) is 11.4 Å². The molecule has 0 bridgehead atoms. The molecule has 2 aromatic rings. The molecule has 0 saturated heterocycles. The molecule has 104 valence electrons. The number of non-ortho nitro benzene ring substituents is 1. The number of ether oxygens (including phenoxy) is 1. The van der Waals surface area contributed by atoms with Crippen LogP contribution >= 0.6 is 0 Å². The monoisotopic (exact) mass is 272 g/mol. The third-order valence-electron chi connectivity index (χ3n) is 2.88. The van der Waals surface area contributed by atoms with Crippen LogP contribution in [-0.2, 0) is 0 Å². The highest BCUT2D eigenvalue weighted by Gasteiger charge is 2.04. The molecule has 0 spiro atoms. The van der Waals surface area contributed by atoms with E-state index < -0.39 is 4.92 Å². The molecule has 0 aliphatic heterocycles. The van der Waals surface area contributed by atoms with E-state index in [4.69, 9.17) is 4.74 Å². The first-order chi connectivity index (χ1) is 9.66. The summed E-state index contributed by atoms with van der Waals surface area (Å²) in [6, 6.07) is 14.1. The number of aryl methyl sites for hydroxylation is 1. The lowest BCUT2D eigenvalue weighted by molar-refractivity contribution is -0.384. The van der Waals surface area contributed by atoms with Gasteiger partial charge in [-0.2, -0.15) is 0 Å². The van der Waals surface area contributed by atoms with Crippen LogP contribution < -0.4 is 10.1 Å². The third-order valence-corrected chi connectivity index (χ3v) is 2.88. The van der Waals surface area contributed by atoms with E-state index in [9.17, 15) is 10.1 Å². The van der Waals surface area contributed by atoms with Gasteiger partial charge in [0.15, 0.2) is 0 Å². The molecule has 2 rings (SSSR count). The zero-order valence-corrected chi connectivity index (χ0v) is 11.2. The Labute approximate surface area is 117 Å². The minimum Gasteiger partial charge on any atom is -0.492 e. The van der Waals surface area contributed by atoms with Crippen molar-refractivity contribution in [2.75, 3.05) is 18.5 Å². The molecule has 2 aromatic carbocycles. The highest BCUT2D eigenvalue weighted by molar-refractivity contribution is 5.50. The van der Waals surface area contributed by atoms with Gasteiger partial charge < -0.3 is 10.1 Å². The molecular weight excluding hydrogens is 256 g/mol. The predicted octanol–water partition coefficient (Wildman–Crippen LogP) is 3.39. The Morgan fingerprint density at radius 3 is 2.50 bits per heavy atom. The Bertz CT molecular complexity index is 582. The maximum absolute atomic E-state index is 10.5. The third kappa shape index (κ3) is 3.71. The molecule has 0 aliphatic carbocycles. The zero-order valence-electron chi connectivity index (χ0n) is 11.2. The number of hydrogen-bond acceptors (Lipinski definition) is 4. The number of hydrogen-bond donors (Lipinski definition) is 1. The fourth-order valence-electron chi connectivity index (χ4n) is 1.79. The van der Waals surface area contributed by atoms with E-state index in [1.165, 1.54) is 17.7 Å². The molecule has 20 heavy (non-hydrogen) atoms. The number of rotatable bonds is 6. The second-order valence-electron chi connectivity index (χ2n) is 4.34. The molecule has 0 aromatic heterocycles. The summed E-state index contributed by atoms with van der Waals surface area (Å²) >= 11 is 0. The first kappa shape index (κ1) is 13.9. The van der Waals surface area contributed by atoms with Gasteiger partial charge in [-0.3, -0.25) is 10.1 Å².